The van der Waals surface area contributed by atoms with Gasteiger partial charge in [0.05, 0.1) is 13.2 Å². The highest BCUT2D eigenvalue weighted by molar-refractivity contribution is 5.50. The lowest BCUT2D eigenvalue weighted by Crippen LogP contribution is -2.46. The normalized spacial score (nSPS) is 18.3. The average molecular weight is 386 g/mol. The number of halogens is 1. The molecule has 0 saturated carbocycles. The van der Waals surface area contributed by atoms with E-state index in [0.717, 1.165) is 77.1 Å². The second kappa shape index (κ2) is 9.16. The summed E-state index contributed by atoms with van der Waals surface area (Å²) in [6.07, 6.45) is 1.81. The van der Waals surface area contributed by atoms with Gasteiger partial charge in [0.2, 0.25) is 5.95 Å². The number of morpholine rings is 1. The van der Waals surface area contributed by atoms with Crippen molar-refractivity contribution in [1.29, 1.82) is 0 Å². The van der Waals surface area contributed by atoms with Gasteiger partial charge >= 0.3 is 0 Å². The summed E-state index contributed by atoms with van der Waals surface area (Å²) in [5, 5.41) is 3.33. The van der Waals surface area contributed by atoms with Crippen molar-refractivity contribution in [2.75, 3.05) is 80.7 Å². The van der Waals surface area contributed by atoms with Crippen LogP contribution >= 0.6 is 0 Å². The van der Waals surface area contributed by atoms with Crippen LogP contribution in [-0.2, 0) is 4.74 Å². The number of nitrogens with zero attached hydrogens (tertiary/aromatic N) is 5. The first kappa shape index (κ1) is 18.9. The van der Waals surface area contributed by atoms with Gasteiger partial charge in [-0.25, -0.2) is 9.37 Å². The van der Waals surface area contributed by atoms with Crippen molar-refractivity contribution in [2.24, 2.45) is 0 Å². The lowest BCUT2D eigenvalue weighted by molar-refractivity contribution is 0.0398. The minimum atomic E-state index is -0.197. The Labute approximate surface area is 165 Å². The Morgan fingerprint density at radius 3 is 2.39 bits per heavy atom. The summed E-state index contributed by atoms with van der Waals surface area (Å²) in [6.45, 7) is 8.91. The van der Waals surface area contributed by atoms with Gasteiger partial charge in [0.15, 0.2) is 0 Å². The van der Waals surface area contributed by atoms with Crippen molar-refractivity contribution in [3.63, 3.8) is 0 Å². The van der Waals surface area contributed by atoms with Crippen molar-refractivity contribution in [3.8, 4) is 0 Å². The highest BCUT2D eigenvalue weighted by Crippen LogP contribution is 2.20. The molecule has 1 aromatic carbocycles. The Hall–Kier alpha value is -2.45. The average Bonchev–Trinajstić information content (AvgIpc) is 2.75. The van der Waals surface area contributed by atoms with Crippen molar-refractivity contribution in [1.82, 2.24) is 14.9 Å². The molecule has 150 valence electrons. The SMILES string of the molecule is Fc1ccc(N2CCN(c3ccnc(NCCN4CCOCC4)n3)CC2)cc1. The number of ether oxygens (including phenoxy) is 1. The third-order valence-electron chi connectivity index (χ3n) is 5.25. The van der Waals surface area contributed by atoms with Crippen molar-refractivity contribution < 1.29 is 9.13 Å². The van der Waals surface area contributed by atoms with Crippen LogP contribution in [0.3, 0.4) is 0 Å². The smallest absolute Gasteiger partial charge is 0.224 e. The number of rotatable bonds is 6. The van der Waals surface area contributed by atoms with Crippen LogP contribution in [0.2, 0.25) is 0 Å². The minimum absolute atomic E-state index is 0.197. The predicted molar refractivity (Wildman–Crippen MR) is 109 cm³/mol. The lowest BCUT2D eigenvalue weighted by Gasteiger charge is -2.36. The van der Waals surface area contributed by atoms with Gasteiger partial charge < -0.3 is 19.9 Å². The number of benzene rings is 1. The summed E-state index contributed by atoms with van der Waals surface area (Å²) in [4.78, 5) is 16.0. The molecule has 0 aliphatic carbocycles. The summed E-state index contributed by atoms with van der Waals surface area (Å²) in [6, 6.07) is 8.67. The Balaban J connectivity index is 1.27. The molecule has 2 aromatic rings. The van der Waals surface area contributed by atoms with Gasteiger partial charge in [0, 0.05) is 64.2 Å². The Kier molecular flexibility index (Phi) is 6.18. The van der Waals surface area contributed by atoms with E-state index in [9.17, 15) is 4.39 Å². The van der Waals surface area contributed by atoms with E-state index >= 15 is 0 Å². The molecule has 0 atom stereocenters. The maximum atomic E-state index is 13.1. The summed E-state index contributed by atoms with van der Waals surface area (Å²) in [7, 11) is 0. The molecular weight excluding hydrogens is 359 g/mol. The van der Waals surface area contributed by atoms with Crippen LogP contribution in [0.1, 0.15) is 0 Å². The molecule has 8 heteroatoms. The van der Waals surface area contributed by atoms with Crippen LogP contribution in [0.15, 0.2) is 36.5 Å². The molecule has 1 aromatic heterocycles. The molecular formula is C20H27FN6O. The number of hydrogen-bond acceptors (Lipinski definition) is 7. The molecule has 28 heavy (non-hydrogen) atoms. The minimum Gasteiger partial charge on any atom is -0.379 e. The van der Waals surface area contributed by atoms with Gasteiger partial charge in [-0.1, -0.05) is 0 Å². The zero-order chi connectivity index (χ0) is 19.2. The molecule has 0 unspecified atom stereocenters. The zero-order valence-corrected chi connectivity index (χ0v) is 16.1. The summed E-state index contributed by atoms with van der Waals surface area (Å²) < 4.78 is 18.5. The molecule has 0 radical (unpaired) electrons. The molecule has 0 bridgehead atoms. The molecule has 2 aliphatic rings. The Morgan fingerprint density at radius 2 is 1.64 bits per heavy atom. The first-order valence-electron chi connectivity index (χ1n) is 9.90. The summed E-state index contributed by atoms with van der Waals surface area (Å²) in [5.41, 5.74) is 1.06. The Morgan fingerprint density at radius 1 is 0.929 bits per heavy atom. The van der Waals surface area contributed by atoms with Crippen LogP contribution in [0.25, 0.3) is 0 Å². The van der Waals surface area contributed by atoms with Crippen LogP contribution in [0.5, 0.6) is 0 Å². The highest BCUT2D eigenvalue weighted by Gasteiger charge is 2.19. The van der Waals surface area contributed by atoms with Crippen LogP contribution in [-0.4, -0.2) is 80.4 Å². The van der Waals surface area contributed by atoms with Crippen molar-refractivity contribution in [2.45, 2.75) is 0 Å². The maximum Gasteiger partial charge on any atom is 0.224 e. The van der Waals surface area contributed by atoms with E-state index in [0.29, 0.717) is 5.95 Å². The molecule has 2 saturated heterocycles. The number of nitrogens with one attached hydrogen (secondary N) is 1. The predicted octanol–water partition coefficient (Wildman–Crippen LogP) is 1.69. The fraction of sp³-hybridized carbons (Fsp3) is 0.500. The monoisotopic (exact) mass is 386 g/mol. The number of piperazine rings is 1. The highest BCUT2D eigenvalue weighted by atomic mass is 19.1. The van der Waals surface area contributed by atoms with E-state index in [1.807, 2.05) is 24.4 Å². The van der Waals surface area contributed by atoms with Crippen molar-refractivity contribution in [3.05, 3.63) is 42.3 Å². The fourth-order valence-corrected chi connectivity index (χ4v) is 3.61. The van der Waals surface area contributed by atoms with E-state index in [2.05, 4.69) is 30.0 Å². The molecule has 4 rings (SSSR count). The van der Waals surface area contributed by atoms with Gasteiger partial charge in [-0.2, -0.15) is 4.98 Å². The van der Waals surface area contributed by atoms with E-state index in [4.69, 9.17) is 4.74 Å². The zero-order valence-electron chi connectivity index (χ0n) is 16.1. The van der Waals surface area contributed by atoms with Gasteiger partial charge in [-0.3, -0.25) is 4.90 Å². The first-order chi connectivity index (χ1) is 13.8. The van der Waals surface area contributed by atoms with Crippen molar-refractivity contribution >= 4 is 17.5 Å². The second-order valence-corrected chi connectivity index (χ2v) is 7.07. The molecule has 2 aliphatic heterocycles. The van der Waals surface area contributed by atoms with Crippen LogP contribution in [0, 0.1) is 5.82 Å². The summed E-state index contributed by atoms with van der Waals surface area (Å²) in [5.74, 6) is 1.42. The largest absolute Gasteiger partial charge is 0.379 e. The standard InChI is InChI=1S/C20H27FN6O/c21-17-1-3-18(4-2-17)26-9-11-27(12-10-26)19-5-6-22-20(24-19)23-7-8-25-13-15-28-16-14-25/h1-6H,7-16H2,(H,22,23,24). The molecule has 0 amide bonds. The second-order valence-electron chi connectivity index (χ2n) is 7.07. The lowest BCUT2D eigenvalue weighted by atomic mass is 10.2. The topological polar surface area (TPSA) is 56.8 Å². The molecule has 3 heterocycles. The Bertz CT molecular complexity index is 745. The molecule has 0 spiro atoms. The summed E-state index contributed by atoms with van der Waals surface area (Å²) >= 11 is 0. The quantitative estimate of drug-likeness (QED) is 0.811. The number of aromatic nitrogens is 2. The maximum absolute atomic E-state index is 13.1. The van der Waals surface area contributed by atoms with Gasteiger partial charge in [-0.05, 0) is 30.3 Å². The number of hydrogen-bond donors (Lipinski definition) is 1. The third-order valence-corrected chi connectivity index (χ3v) is 5.25. The molecule has 2 fully saturated rings. The van der Waals surface area contributed by atoms with E-state index in [1.165, 1.54) is 12.1 Å². The van der Waals surface area contributed by atoms with E-state index in [-0.39, 0.29) is 5.82 Å². The molecule has 1 N–H and O–H groups in total. The van der Waals surface area contributed by atoms with E-state index < -0.39 is 0 Å². The van der Waals surface area contributed by atoms with Gasteiger partial charge in [0.25, 0.3) is 0 Å². The van der Waals surface area contributed by atoms with Crippen LogP contribution in [0.4, 0.5) is 21.8 Å². The van der Waals surface area contributed by atoms with Gasteiger partial charge in [-0.15, -0.1) is 0 Å². The number of anilines is 3. The molecule has 7 nitrogen and oxygen atoms in total. The first-order valence-corrected chi connectivity index (χ1v) is 9.90. The van der Waals surface area contributed by atoms with Gasteiger partial charge in [0.1, 0.15) is 11.6 Å². The van der Waals surface area contributed by atoms with Crippen LogP contribution < -0.4 is 15.1 Å². The fourth-order valence-electron chi connectivity index (χ4n) is 3.61. The third kappa shape index (κ3) is 4.88. The van der Waals surface area contributed by atoms with E-state index in [1.54, 1.807) is 0 Å².